The Morgan fingerprint density at radius 1 is 1.16 bits per heavy atom. The van der Waals surface area contributed by atoms with Gasteiger partial charge in [0.25, 0.3) is 5.91 Å². The van der Waals surface area contributed by atoms with Gasteiger partial charge in [0, 0.05) is 32.7 Å². The van der Waals surface area contributed by atoms with Crippen LogP contribution in [0.5, 0.6) is 0 Å². The van der Waals surface area contributed by atoms with Crippen LogP contribution in [0.2, 0.25) is 0 Å². The minimum atomic E-state index is -0.125. The van der Waals surface area contributed by atoms with Crippen LogP contribution in [0, 0.1) is 6.92 Å². The number of methoxy groups -OCH3 is 1. The maximum Gasteiger partial charge on any atom is 0.256 e. The highest BCUT2D eigenvalue weighted by molar-refractivity contribution is 5.98. The Morgan fingerprint density at radius 2 is 1.88 bits per heavy atom. The maximum absolute atomic E-state index is 12.8. The number of aryl methyl sites for hydroxylation is 1. The average Bonchev–Trinajstić information content (AvgIpc) is 3.26. The molecule has 0 spiro atoms. The normalized spacial score (nSPS) is 10.8. The molecule has 3 rings (SSSR count). The second kappa shape index (κ2) is 7.81. The van der Waals surface area contributed by atoms with Gasteiger partial charge in [0.2, 0.25) is 0 Å². The van der Waals surface area contributed by atoms with Crippen molar-refractivity contribution < 1.29 is 9.53 Å². The van der Waals surface area contributed by atoms with Crippen LogP contribution in [-0.4, -0.2) is 40.5 Å². The highest BCUT2D eigenvalue weighted by atomic mass is 16.5. The molecular formula is C19H22N4O2. The van der Waals surface area contributed by atoms with Gasteiger partial charge < -0.3 is 14.6 Å². The summed E-state index contributed by atoms with van der Waals surface area (Å²) in [4.78, 5) is 12.8. The number of ether oxygens (including phenoxy) is 1. The van der Waals surface area contributed by atoms with E-state index in [2.05, 4.69) is 10.4 Å². The Kier molecular flexibility index (Phi) is 5.30. The highest BCUT2D eigenvalue weighted by Crippen LogP contribution is 2.22. The lowest BCUT2D eigenvalue weighted by molar-refractivity contribution is 0.0948. The molecule has 6 nitrogen and oxygen atoms in total. The third kappa shape index (κ3) is 3.64. The van der Waals surface area contributed by atoms with Gasteiger partial charge >= 0.3 is 0 Å². The van der Waals surface area contributed by atoms with E-state index in [1.807, 2.05) is 66.3 Å². The lowest BCUT2D eigenvalue weighted by Crippen LogP contribution is -2.26. The first-order valence-corrected chi connectivity index (χ1v) is 8.28. The summed E-state index contributed by atoms with van der Waals surface area (Å²) in [6.07, 6.45) is 4.60. The molecule has 3 aromatic rings. The van der Waals surface area contributed by atoms with Crippen molar-refractivity contribution >= 4 is 5.91 Å². The second-order valence-corrected chi connectivity index (χ2v) is 5.72. The summed E-state index contributed by atoms with van der Waals surface area (Å²) < 4.78 is 8.74. The largest absolute Gasteiger partial charge is 0.385 e. The smallest absolute Gasteiger partial charge is 0.256 e. The Hall–Kier alpha value is -2.86. The summed E-state index contributed by atoms with van der Waals surface area (Å²) in [6.45, 7) is 3.04. The molecule has 0 atom stereocenters. The van der Waals surface area contributed by atoms with Gasteiger partial charge in [-0.2, -0.15) is 5.10 Å². The first kappa shape index (κ1) is 17.0. The molecular weight excluding hydrogens is 316 g/mol. The van der Waals surface area contributed by atoms with E-state index < -0.39 is 0 Å². The van der Waals surface area contributed by atoms with Crippen LogP contribution in [0.3, 0.4) is 0 Å². The molecule has 0 saturated heterocycles. The van der Waals surface area contributed by atoms with Gasteiger partial charge in [0.15, 0.2) is 5.82 Å². The van der Waals surface area contributed by atoms with Gasteiger partial charge in [0.05, 0.1) is 11.4 Å². The summed E-state index contributed by atoms with van der Waals surface area (Å²) in [5, 5.41) is 7.57. The van der Waals surface area contributed by atoms with Gasteiger partial charge in [0.1, 0.15) is 5.56 Å². The molecule has 1 amide bonds. The fourth-order valence-corrected chi connectivity index (χ4v) is 2.75. The predicted octanol–water partition coefficient (Wildman–Crippen LogP) is 2.74. The molecule has 0 fully saturated rings. The van der Waals surface area contributed by atoms with E-state index in [0.29, 0.717) is 24.4 Å². The average molecular weight is 338 g/mol. The van der Waals surface area contributed by atoms with Gasteiger partial charge in [-0.15, -0.1) is 0 Å². The number of nitrogens with one attached hydrogen (secondary N) is 1. The number of rotatable bonds is 7. The quantitative estimate of drug-likeness (QED) is 0.674. The van der Waals surface area contributed by atoms with Crippen LogP contribution in [0.15, 0.2) is 54.9 Å². The van der Waals surface area contributed by atoms with Crippen molar-refractivity contribution in [3.05, 3.63) is 66.1 Å². The predicted molar refractivity (Wildman–Crippen MR) is 96.5 cm³/mol. The summed E-state index contributed by atoms with van der Waals surface area (Å²) in [6, 6.07) is 13.7. The molecule has 0 unspecified atom stereocenters. The van der Waals surface area contributed by atoms with E-state index in [1.54, 1.807) is 11.8 Å². The molecule has 0 radical (unpaired) electrons. The SMILES string of the molecule is COCCCNC(=O)c1c(C)nn(-c2ccccc2)c1-n1cccc1. The Balaban J connectivity index is 2.00. The van der Waals surface area contributed by atoms with Crippen molar-refractivity contribution in [3.8, 4) is 11.5 Å². The van der Waals surface area contributed by atoms with Crippen molar-refractivity contribution in [3.63, 3.8) is 0 Å². The monoisotopic (exact) mass is 338 g/mol. The molecule has 1 N–H and O–H groups in total. The molecule has 2 heterocycles. The fourth-order valence-electron chi connectivity index (χ4n) is 2.75. The molecule has 0 aliphatic rings. The second-order valence-electron chi connectivity index (χ2n) is 5.72. The zero-order valence-electron chi connectivity index (χ0n) is 14.5. The molecule has 0 bridgehead atoms. The van der Waals surface area contributed by atoms with E-state index >= 15 is 0 Å². The Bertz CT molecular complexity index is 823. The van der Waals surface area contributed by atoms with Crippen molar-refractivity contribution in [2.45, 2.75) is 13.3 Å². The number of hydrogen-bond donors (Lipinski definition) is 1. The van der Waals surface area contributed by atoms with Gasteiger partial charge in [-0.3, -0.25) is 4.79 Å². The lowest BCUT2D eigenvalue weighted by Gasteiger charge is -2.11. The number of para-hydroxylation sites is 1. The van der Waals surface area contributed by atoms with Crippen molar-refractivity contribution in [2.24, 2.45) is 0 Å². The first-order chi connectivity index (χ1) is 12.2. The van der Waals surface area contributed by atoms with E-state index in [4.69, 9.17) is 4.74 Å². The van der Waals surface area contributed by atoms with Crippen LogP contribution >= 0.6 is 0 Å². The lowest BCUT2D eigenvalue weighted by atomic mass is 10.2. The molecule has 0 aliphatic heterocycles. The molecule has 1 aromatic carbocycles. The highest BCUT2D eigenvalue weighted by Gasteiger charge is 2.23. The minimum Gasteiger partial charge on any atom is -0.385 e. The standard InChI is InChI=1S/C19H22N4O2/c1-15-17(18(24)20-11-8-14-25-2)19(22-12-6-7-13-22)23(21-15)16-9-4-3-5-10-16/h3-7,9-10,12-13H,8,11,14H2,1-2H3,(H,20,24). The number of nitrogens with zero attached hydrogens (tertiary/aromatic N) is 3. The number of carbonyl (C=O) groups excluding carboxylic acids is 1. The molecule has 25 heavy (non-hydrogen) atoms. The van der Waals surface area contributed by atoms with Crippen LogP contribution in [0.4, 0.5) is 0 Å². The summed E-state index contributed by atoms with van der Waals surface area (Å²) in [5.74, 6) is 0.609. The van der Waals surface area contributed by atoms with Crippen molar-refractivity contribution in [2.75, 3.05) is 20.3 Å². The van der Waals surface area contributed by atoms with E-state index in [-0.39, 0.29) is 5.91 Å². The van der Waals surface area contributed by atoms with E-state index in [1.165, 1.54) is 0 Å². The topological polar surface area (TPSA) is 61.1 Å². The zero-order valence-corrected chi connectivity index (χ0v) is 14.5. The molecule has 0 saturated carbocycles. The van der Waals surface area contributed by atoms with Crippen LogP contribution in [-0.2, 0) is 4.74 Å². The van der Waals surface area contributed by atoms with Gasteiger partial charge in [-0.25, -0.2) is 4.68 Å². The fraction of sp³-hybridized carbons (Fsp3) is 0.263. The van der Waals surface area contributed by atoms with Crippen molar-refractivity contribution in [1.82, 2.24) is 19.7 Å². The number of carbonyl (C=O) groups is 1. The van der Waals surface area contributed by atoms with E-state index in [9.17, 15) is 4.79 Å². The Morgan fingerprint density at radius 3 is 2.56 bits per heavy atom. The Labute approximate surface area is 147 Å². The van der Waals surface area contributed by atoms with Gasteiger partial charge in [-0.1, -0.05) is 18.2 Å². The van der Waals surface area contributed by atoms with Crippen LogP contribution < -0.4 is 5.32 Å². The zero-order chi connectivity index (χ0) is 17.6. The van der Waals surface area contributed by atoms with Crippen molar-refractivity contribution in [1.29, 1.82) is 0 Å². The number of hydrogen-bond acceptors (Lipinski definition) is 3. The van der Waals surface area contributed by atoms with Gasteiger partial charge in [-0.05, 0) is 37.6 Å². The summed E-state index contributed by atoms with van der Waals surface area (Å²) in [5.41, 5.74) is 2.18. The molecule has 6 heteroatoms. The number of benzene rings is 1. The summed E-state index contributed by atoms with van der Waals surface area (Å²) in [7, 11) is 1.65. The maximum atomic E-state index is 12.8. The summed E-state index contributed by atoms with van der Waals surface area (Å²) >= 11 is 0. The molecule has 0 aliphatic carbocycles. The first-order valence-electron chi connectivity index (χ1n) is 8.28. The van der Waals surface area contributed by atoms with E-state index in [0.717, 1.165) is 17.9 Å². The third-order valence-corrected chi connectivity index (χ3v) is 3.92. The van der Waals surface area contributed by atoms with Crippen LogP contribution in [0.25, 0.3) is 11.5 Å². The third-order valence-electron chi connectivity index (χ3n) is 3.92. The number of amides is 1. The van der Waals surface area contributed by atoms with Crippen LogP contribution in [0.1, 0.15) is 22.5 Å². The molecule has 130 valence electrons. The molecule has 2 aromatic heterocycles. The number of aromatic nitrogens is 3. The minimum absolute atomic E-state index is 0.125.